The van der Waals surface area contributed by atoms with E-state index in [1.54, 1.807) is 0 Å². The summed E-state index contributed by atoms with van der Waals surface area (Å²) in [6, 6.07) is 0. The molecule has 2 heteroatoms. The van der Waals surface area contributed by atoms with Crippen LogP contribution in [0.4, 0.5) is 0 Å². The van der Waals surface area contributed by atoms with Crippen LogP contribution in [0.3, 0.4) is 0 Å². The van der Waals surface area contributed by atoms with Crippen LogP contribution in [0.25, 0.3) is 0 Å². The minimum Gasteiger partial charge on any atom is -0.293 e. The third-order valence-electron chi connectivity index (χ3n) is 1.54. The Kier molecular flexibility index (Phi) is 4.61. The van der Waals surface area contributed by atoms with E-state index in [2.05, 4.69) is 11.9 Å². The summed E-state index contributed by atoms with van der Waals surface area (Å²) >= 11 is 0. The summed E-state index contributed by atoms with van der Waals surface area (Å²) in [6.45, 7) is 11.6. The van der Waals surface area contributed by atoms with Crippen molar-refractivity contribution in [2.45, 2.75) is 27.7 Å². The number of rotatable bonds is 3. The topological polar surface area (TPSA) is 35.8 Å². The molecule has 0 fully saturated rings. The first-order valence-corrected chi connectivity index (χ1v) is 4.15. The van der Waals surface area contributed by atoms with Crippen LogP contribution in [0.5, 0.6) is 0 Å². The lowest BCUT2D eigenvalue weighted by atomic mass is 10.1. The first-order chi connectivity index (χ1) is 5.99. The van der Waals surface area contributed by atoms with Gasteiger partial charge in [0.25, 0.3) is 0 Å². The van der Waals surface area contributed by atoms with Crippen molar-refractivity contribution >= 4 is 0 Å². The Balaban J connectivity index is 4.91. The maximum atomic E-state index is 8.52. The van der Waals surface area contributed by atoms with Crippen LogP contribution < -0.4 is 5.32 Å². The second-order valence-corrected chi connectivity index (χ2v) is 3.29. The van der Waals surface area contributed by atoms with E-state index in [9.17, 15) is 0 Å². The summed E-state index contributed by atoms with van der Waals surface area (Å²) in [4.78, 5) is 0. The third-order valence-corrected chi connectivity index (χ3v) is 1.54. The Bertz CT molecular complexity index is 297. The van der Waals surface area contributed by atoms with Gasteiger partial charge in [0.1, 0.15) is 0 Å². The van der Waals surface area contributed by atoms with E-state index in [-0.39, 0.29) is 0 Å². The summed E-state index contributed by atoms with van der Waals surface area (Å²) < 4.78 is 0. The van der Waals surface area contributed by atoms with Gasteiger partial charge in [0.2, 0.25) is 0 Å². The van der Waals surface area contributed by atoms with Crippen molar-refractivity contribution in [3.8, 4) is 6.19 Å². The molecule has 0 spiro atoms. The normalized spacial score (nSPS) is 10.2. The molecular weight excluding hydrogens is 160 g/mol. The fraction of sp³-hybridized carbons (Fsp3) is 0.364. The van der Waals surface area contributed by atoms with Crippen molar-refractivity contribution in [3.63, 3.8) is 0 Å². The summed E-state index contributed by atoms with van der Waals surface area (Å²) in [7, 11) is 0. The lowest BCUT2D eigenvalue weighted by Gasteiger charge is -2.07. The van der Waals surface area contributed by atoms with E-state index in [0.717, 1.165) is 22.4 Å². The van der Waals surface area contributed by atoms with Gasteiger partial charge in [-0.15, -0.1) is 0 Å². The molecule has 0 saturated carbocycles. The van der Waals surface area contributed by atoms with Gasteiger partial charge in [-0.1, -0.05) is 23.8 Å². The lowest BCUT2D eigenvalue weighted by molar-refractivity contribution is 1.03. The minimum absolute atomic E-state index is 0.880. The molecule has 0 atom stereocenters. The second-order valence-electron chi connectivity index (χ2n) is 3.29. The SMILES string of the molecule is C=C(C)/C=C(/C)C(NC#N)=C(C)C. The van der Waals surface area contributed by atoms with Gasteiger partial charge in [0.05, 0.1) is 0 Å². The van der Waals surface area contributed by atoms with Crippen LogP contribution in [-0.2, 0) is 0 Å². The fourth-order valence-electron chi connectivity index (χ4n) is 1.12. The first-order valence-electron chi connectivity index (χ1n) is 4.15. The number of hydrogen-bond acceptors (Lipinski definition) is 2. The Morgan fingerprint density at radius 1 is 1.31 bits per heavy atom. The smallest absolute Gasteiger partial charge is 0.181 e. The number of allylic oxidation sites excluding steroid dienone is 4. The molecule has 0 aliphatic carbocycles. The molecule has 0 radical (unpaired) electrons. The van der Waals surface area contributed by atoms with Crippen molar-refractivity contribution in [3.05, 3.63) is 35.1 Å². The summed E-state index contributed by atoms with van der Waals surface area (Å²) in [5.74, 6) is 0. The molecular formula is C11H16N2. The maximum absolute atomic E-state index is 8.52. The van der Waals surface area contributed by atoms with Crippen molar-refractivity contribution in [2.75, 3.05) is 0 Å². The third kappa shape index (κ3) is 4.17. The molecule has 0 aromatic rings. The quantitative estimate of drug-likeness (QED) is 0.408. The molecule has 0 amide bonds. The Morgan fingerprint density at radius 2 is 1.85 bits per heavy atom. The van der Waals surface area contributed by atoms with Gasteiger partial charge in [-0.05, 0) is 33.3 Å². The van der Waals surface area contributed by atoms with Gasteiger partial charge in [-0.2, -0.15) is 5.26 Å². The molecule has 0 unspecified atom stereocenters. The van der Waals surface area contributed by atoms with E-state index >= 15 is 0 Å². The molecule has 13 heavy (non-hydrogen) atoms. The lowest BCUT2D eigenvalue weighted by Crippen LogP contribution is -2.08. The number of hydrogen-bond donors (Lipinski definition) is 1. The predicted octanol–water partition coefficient (Wildman–Crippen LogP) is 2.87. The van der Waals surface area contributed by atoms with Crippen molar-refractivity contribution in [1.29, 1.82) is 5.26 Å². The van der Waals surface area contributed by atoms with E-state index in [0.29, 0.717) is 0 Å². The van der Waals surface area contributed by atoms with Crippen LogP contribution in [-0.4, -0.2) is 0 Å². The van der Waals surface area contributed by atoms with Crippen LogP contribution >= 0.6 is 0 Å². The van der Waals surface area contributed by atoms with Gasteiger partial charge >= 0.3 is 0 Å². The highest BCUT2D eigenvalue weighted by Gasteiger charge is 2.00. The van der Waals surface area contributed by atoms with Crippen LogP contribution in [0.1, 0.15) is 27.7 Å². The molecule has 0 aromatic carbocycles. The first kappa shape index (κ1) is 11.5. The molecule has 0 aliphatic heterocycles. The zero-order chi connectivity index (χ0) is 10.4. The minimum atomic E-state index is 0.880. The number of nitriles is 1. The number of nitrogens with one attached hydrogen (secondary N) is 1. The average Bonchev–Trinajstić information content (AvgIpc) is 1.97. The Morgan fingerprint density at radius 3 is 2.15 bits per heavy atom. The van der Waals surface area contributed by atoms with Gasteiger partial charge in [-0.25, -0.2) is 0 Å². The molecule has 1 N–H and O–H groups in total. The molecule has 0 heterocycles. The predicted molar refractivity (Wildman–Crippen MR) is 55.7 cm³/mol. The van der Waals surface area contributed by atoms with Gasteiger partial charge in [0, 0.05) is 5.70 Å². The molecule has 0 aromatic heterocycles. The molecule has 2 nitrogen and oxygen atoms in total. The average molecular weight is 176 g/mol. The Hall–Kier alpha value is -1.49. The van der Waals surface area contributed by atoms with E-state index in [1.165, 1.54) is 0 Å². The highest BCUT2D eigenvalue weighted by molar-refractivity contribution is 5.36. The van der Waals surface area contributed by atoms with Gasteiger partial charge < -0.3 is 0 Å². The summed E-state index contributed by atoms with van der Waals surface area (Å²) in [5, 5.41) is 11.2. The molecule has 0 bridgehead atoms. The van der Waals surface area contributed by atoms with E-state index in [4.69, 9.17) is 5.26 Å². The Labute approximate surface area is 80.3 Å². The van der Waals surface area contributed by atoms with Gasteiger partial charge in [-0.3, -0.25) is 5.32 Å². The molecule has 0 saturated heterocycles. The second kappa shape index (κ2) is 5.21. The van der Waals surface area contributed by atoms with Crippen molar-refractivity contribution in [2.24, 2.45) is 0 Å². The van der Waals surface area contributed by atoms with Crippen LogP contribution in [0.15, 0.2) is 35.1 Å². The zero-order valence-corrected chi connectivity index (χ0v) is 8.73. The highest BCUT2D eigenvalue weighted by Crippen LogP contribution is 2.12. The number of nitrogens with zero attached hydrogens (tertiary/aromatic N) is 1. The zero-order valence-electron chi connectivity index (χ0n) is 8.73. The maximum Gasteiger partial charge on any atom is 0.181 e. The summed E-state index contributed by atoms with van der Waals surface area (Å²) in [6.07, 6.45) is 3.88. The largest absolute Gasteiger partial charge is 0.293 e. The molecule has 0 aliphatic rings. The van der Waals surface area contributed by atoms with Crippen LogP contribution in [0, 0.1) is 11.5 Å². The molecule has 0 rings (SSSR count). The van der Waals surface area contributed by atoms with Crippen molar-refractivity contribution in [1.82, 2.24) is 5.32 Å². The van der Waals surface area contributed by atoms with Crippen molar-refractivity contribution < 1.29 is 0 Å². The fourth-order valence-corrected chi connectivity index (χ4v) is 1.12. The van der Waals surface area contributed by atoms with E-state index < -0.39 is 0 Å². The van der Waals surface area contributed by atoms with Crippen LogP contribution in [0.2, 0.25) is 0 Å². The van der Waals surface area contributed by atoms with Gasteiger partial charge in [0.15, 0.2) is 6.19 Å². The summed E-state index contributed by atoms with van der Waals surface area (Å²) in [5.41, 5.74) is 3.99. The molecule has 70 valence electrons. The standard InChI is InChI=1S/C11H16N2/c1-8(2)6-10(5)11(9(3)4)13-7-12/h6,13H,1H2,2-5H3/b10-6-. The highest BCUT2D eigenvalue weighted by atomic mass is 14.9. The monoisotopic (exact) mass is 176 g/mol. The van der Waals surface area contributed by atoms with E-state index in [1.807, 2.05) is 40.0 Å².